The molecular formula is C17H16O3. The minimum absolute atomic E-state index is 0.172. The zero-order chi connectivity index (χ0) is 13.9. The largest absolute Gasteiger partial charge is 0.463 e. The average Bonchev–Trinajstić information content (AvgIpc) is 2.81. The Kier molecular flexibility index (Phi) is 2.34. The Labute approximate surface area is 116 Å². The van der Waals surface area contributed by atoms with Crippen LogP contribution in [0.25, 0.3) is 21.9 Å². The van der Waals surface area contributed by atoms with Gasteiger partial charge in [-0.1, -0.05) is 0 Å². The van der Waals surface area contributed by atoms with Crippen molar-refractivity contribution in [2.45, 2.75) is 39.5 Å². The first-order valence-corrected chi connectivity index (χ1v) is 7.13. The number of hydrogen-bond acceptors (Lipinski definition) is 3. The van der Waals surface area contributed by atoms with Crippen molar-refractivity contribution in [3.8, 4) is 0 Å². The second-order valence-electron chi connectivity index (χ2n) is 5.74. The summed E-state index contributed by atoms with van der Waals surface area (Å²) < 4.78 is 11.3. The second-order valence-corrected chi connectivity index (χ2v) is 5.74. The standard InChI is InChI=1S/C17H16O3/c1-9-7-13-15(16-14(9)10(2)8-19-16)11-5-3-4-6-12(11)17(18)20-13/h7-8H,3-6H2,1-2H3. The maximum absolute atomic E-state index is 12.1. The van der Waals surface area contributed by atoms with Gasteiger partial charge in [0.2, 0.25) is 0 Å². The van der Waals surface area contributed by atoms with Crippen LogP contribution in [0.4, 0.5) is 0 Å². The van der Waals surface area contributed by atoms with Gasteiger partial charge in [0.15, 0.2) is 0 Å². The summed E-state index contributed by atoms with van der Waals surface area (Å²) in [6.45, 7) is 4.08. The summed E-state index contributed by atoms with van der Waals surface area (Å²) in [5.74, 6) is 0. The molecule has 0 aliphatic heterocycles. The van der Waals surface area contributed by atoms with E-state index < -0.39 is 0 Å². The van der Waals surface area contributed by atoms with Gasteiger partial charge in [0, 0.05) is 10.9 Å². The van der Waals surface area contributed by atoms with Gasteiger partial charge < -0.3 is 8.83 Å². The summed E-state index contributed by atoms with van der Waals surface area (Å²) in [6.07, 6.45) is 5.74. The Morgan fingerprint density at radius 1 is 1.00 bits per heavy atom. The highest BCUT2D eigenvalue weighted by Gasteiger charge is 2.22. The van der Waals surface area contributed by atoms with E-state index in [9.17, 15) is 4.79 Å². The molecule has 1 aromatic carbocycles. The maximum Gasteiger partial charge on any atom is 0.339 e. The van der Waals surface area contributed by atoms with Crippen molar-refractivity contribution in [1.82, 2.24) is 0 Å². The fourth-order valence-corrected chi connectivity index (χ4v) is 3.51. The van der Waals surface area contributed by atoms with E-state index in [0.29, 0.717) is 5.58 Å². The lowest BCUT2D eigenvalue weighted by Gasteiger charge is -2.16. The van der Waals surface area contributed by atoms with Crippen LogP contribution >= 0.6 is 0 Å². The Balaban J connectivity index is 2.28. The third kappa shape index (κ3) is 1.43. The van der Waals surface area contributed by atoms with E-state index in [-0.39, 0.29) is 5.63 Å². The van der Waals surface area contributed by atoms with Crippen LogP contribution in [0, 0.1) is 13.8 Å². The van der Waals surface area contributed by atoms with Crippen LogP contribution in [-0.4, -0.2) is 0 Å². The molecule has 1 aliphatic rings. The third-order valence-corrected chi connectivity index (χ3v) is 4.41. The van der Waals surface area contributed by atoms with Gasteiger partial charge in [0.1, 0.15) is 11.2 Å². The highest BCUT2D eigenvalue weighted by Crippen LogP contribution is 2.36. The van der Waals surface area contributed by atoms with Crippen LogP contribution in [-0.2, 0) is 12.8 Å². The highest BCUT2D eigenvalue weighted by molar-refractivity contribution is 6.06. The molecule has 20 heavy (non-hydrogen) atoms. The van der Waals surface area contributed by atoms with E-state index in [0.717, 1.165) is 64.3 Å². The minimum Gasteiger partial charge on any atom is -0.463 e. The second kappa shape index (κ2) is 3.98. The lowest BCUT2D eigenvalue weighted by Crippen LogP contribution is -2.15. The highest BCUT2D eigenvalue weighted by atomic mass is 16.4. The van der Waals surface area contributed by atoms with Crippen molar-refractivity contribution in [2.75, 3.05) is 0 Å². The minimum atomic E-state index is -0.172. The summed E-state index contributed by atoms with van der Waals surface area (Å²) in [7, 11) is 0. The molecule has 1 aliphatic carbocycles. The normalized spacial score (nSPS) is 14.9. The molecule has 3 aromatic rings. The van der Waals surface area contributed by atoms with E-state index in [1.807, 2.05) is 13.0 Å². The first-order valence-electron chi connectivity index (χ1n) is 7.13. The van der Waals surface area contributed by atoms with Crippen LogP contribution < -0.4 is 5.63 Å². The Hall–Kier alpha value is -2.03. The zero-order valence-electron chi connectivity index (χ0n) is 11.7. The summed E-state index contributed by atoms with van der Waals surface area (Å²) in [5.41, 5.74) is 5.58. The summed E-state index contributed by atoms with van der Waals surface area (Å²) >= 11 is 0. The average molecular weight is 268 g/mol. The molecule has 3 heteroatoms. The van der Waals surface area contributed by atoms with E-state index in [4.69, 9.17) is 8.83 Å². The molecule has 0 atom stereocenters. The van der Waals surface area contributed by atoms with Crippen LogP contribution in [0.5, 0.6) is 0 Å². The van der Waals surface area contributed by atoms with E-state index in [2.05, 4.69) is 6.92 Å². The predicted octanol–water partition coefficient (Wildman–Crippen LogP) is 4.03. The topological polar surface area (TPSA) is 43.4 Å². The van der Waals surface area contributed by atoms with Gasteiger partial charge in [0.25, 0.3) is 0 Å². The van der Waals surface area contributed by atoms with Gasteiger partial charge in [-0.3, -0.25) is 0 Å². The van der Waals surface area contributed by atoms with Crippen LogP contribution in [0.15, 0.2) is 26.0 Å². The molecular weight excluding hydrogens is 252 g/mol. The smallest absolute Gasteiger partial charge is 0.339 e. The molecule has 4 rings (SSSR count). The molecule has 0 saturated heterocycles. The molecule has 0 fully saturated rings. The molecule has 0 saturated carbocycles. The van der Waals surface area contributed by atoms with E-state index in [1.54, 1.807) is 6.26 Å². The van der Waals surface area contributed by atoms with Gasteiger partial charge in [-0.2, -0.15) is 0 Å². The van der Waals surface area contributed by atoms with Crippen molar-refractivity contribution in [2.24, 2.45) is 0 Å². The molecule has 0 N–H and O–H groups in total. The number of benzene rings is 1. The summed E-state index contributed by atoms with van der Waals surface area (Å²) in [5, 5.41) is 2.16. The summed E-state index contributed by atoms with van der Waals surface area (Å²) in [6, 6.07) is 1.97. The van der Waals surface area contributed by atoms with Crippen LogP contribution in [0.1, 0.15) is 35.1 Å². The molecule has 2 aromatic heterocycles. The monoisotopic (exact) mass is 268 g/mol. The fourth-order valence-electron chi connectivity index (χ4n) is 3.51. The van der Waals surface area contributed by atoms with Crippen LogP contribution in [0.2, 0.25) is 0 Å². The molecule has 3 nitrogen and oxygen atoms in total. The van der Waals surface area contributed by atoms with Crippen LogP contribution in [0.3, 0.4) is 0 Å². The third-order valence-electron chi connectivity index (χ3n) is 4.41. The van der Waals surface area contributed by atoms with E-state index >= 15 is 0 Å². The molecule has 0 bridgehead atoms. The first kappa shape index (κ1) is 11.8. The molecule has 102 valence electrons. The lowest BCUT2D eigenvalue weighted by atomic mass is 9.89. The molecule has 2 heterocycles. The van der Waals surface area contributed by atoms with Gasteiger partial charge in [-0.15, -0.1) is 0 Å². The maximum atomic E-state index is 12.1. The number of rotatable bonds is 0. The number of aryl methyl sites for hydroxylation is 3. The fraction of sp³-hybridized carbons (Fsp3) is 0.353. The van der Waals surface area contributed by atoms with Crippen molar-refractivity contribution >= 4 is 21.9 Å². The zero-order valence-corrected chi connectivity index (χ0v) is 11.7. The quantitative estimate of drug-likeness (QED) is 0.578. The number of fused-ring (bicyclic) bond motifs is 5. The number of furan rings is 1. The molecule has 0 spiro atoms. The first-order chi connectivity index (χ1) is 9.66. The van der Waals surface area contributed by atoms with Crippen molar-refractivity contribution in [3.63, 3.8) is 0 Å². The van der Waals surface area contributed by atoms with Gasteiger partial charge >= 0.3 is 5.63 Å². The predicted molar refractivity (Wildman–Crippen MR) is 78.4 cm³/mol. The molecule has 0 unspecified atom stereocenters. The summed E-state index contributed by atoms with van der Waals surface area (Å²) in [4.78, 5) is 12.1. The Bertz CT molecular complexity index is 896. The van der Waals surface area contributed by atoms with Crippen molar-refractivity contribution in [3.05, 3.63) is 45.0 Å². The Morgan fingerprint density at radius 2 is 1.75 bits per heavy atom. The lowest BCUT2D eigenvalue weighted by molar-refractivity contribution is 0.532. The molecule has 0 radical (unpaired) electrons. The van der Waals surface area contributed by atoms with Gasteiger partial charge in [-0.05, 0) is 62.3 Å². The SMILES string of the molecule is Cc1coc2c1c(C)cc1oc(=O)c3c(c12)CCCC3. The number of hydrogen-bond donors (Lipinski definition) is 0. The van der Waals surface area contributed by atoms with Crippen molar-refractivity contribution in [1.29, 1.82) is 0 Å². The molecule has 0 amide bonds. The van der Waals surface area contributed by atoms with Gasteiger partial charge in [-0.25, -0.2) is 4.79 Å². The Morgan fingerprint density at radius 3 is 2.55 bits per heavy atom. The van der Waals surface area contributed by atoms with Gasteiger partial charge in [0.05, 0.1) is 11.6 Å². The van der Waals surface area contributed by atoms with E-state index in [1.165, 1.54) is 0 Å². The van der Waals surface area contributed by atoms with Crippen molar-refractivity contribution < 1.29 is 8.83 Å².